The molecule has 3 aliphatic rings. The van der Waals surface area contributed by atoms with Crippen LogP contribution >= 0.6 is 0 Å². The first-order chi connectivity index (χ1) is 48.3. The summed E-state index contributed by atoms with van der Waals surface area (Å²) in [5, 5.41) is 121. The highest BCUT2D eigenvalue weighted by Crippen LogP contribution is 2.33. The quantitative estimate of drug-likeness (QED) is 0.0199. The molecule has 0 aliphatic carbocycles. The zero-order chi connectivity index (χ0) is 71.8. The molecule has 99 heavy (non-hydrogen) atoms. The Bertz CT molecular complexity index is 2310. The molecule has 19 heteroatoms. The summed E-state index contributed by atoms with van der Waals surface area (Å²) in [6.45, 7) is 1.58. The topological polar surface area (TPSA) is 307 Å². The highest BCUT2D eigenvalue weighted by atomic mass is 16.8. The molecule has 0 aromatic heterocycles. The molecule has 0 saturated carbocycles. The van der Waals surface area contributed by atoms with Crippen LogP contribution in [0.1, 0.15) is 232 Å². The van der Waals surface area contributed by atoms with E-state index in [4.69, 9.17) is 28.4 Å². The van der Waals surface area contributed by atoms with Crippen LogP contribution in [-0.2, 0) is 33.2 Å². The molecule has 0 spiro atoms. The fourth-order valence-electron chi connectivity index (χ4n) is 11.8. The molecule has 3 rings (SSSR count). The van der Waals surface area contributed by atoms with Gasteiger partial charge in [0.25, 0.3) is 0 Å². The summed E-state index contributed by atoms with van der Waals surface area (Å²) in [5.74, 6) is -0.297. The van der Waals surface area contributed by atoms with Crippen molar-refractivity contribution in [2.24, 2.45) is 0 Å². The maximum absolute atomic E-state index is 13.4. The van der Waals surface area contributed by atoms with E-state index in [1.807, 2.05) is 6.08 Å². The Labute approximate surface area is 594 Å². The van der Waals surface area contributed by atoms with Crippen molar-refractivity contribution in [2.45, 2.75) is 336 Å². The van der Waals surface area contributed by atoms with E-state index in [-0.39, 0.29) is 18.9 Å². The van der Waals surface area contributed by atoms with E-state index in [2.05, 4.69) is 141 Å². The summed E-state index contributed by atoms with van der Waals surface area (Å²) in [4.78, 5) is 13.4. The summed E-state index contributed by atoms with van der Waals surface area (Å²) in [6.07, 6.45) is 57.1. The number of nitrogens with one attached hydrogen (secondary N) is 1. The Balaban J connectivity index is 1.37. The minimum Gasteiger partial charge on any atom is -0.394 e. The molecule has 12 N–H and O–H groups in total. The maximum atomic E-state index is 13.4. The van der Waals surface area contributed by atoms with Crippen LogP contribution < -0.4 is 5.32 Å². The van der Waals surface area contributed by atoms with Crippen LogP contribution in [0.15, 0.2) is 134 Å². The average molecular weight is 1400 g/mol. The van der Waals surface area contributed by atoms with Crippen molar-refractivity contribution in [1.82, 2.24) is 5.32 Å². The number of carbonyl (C=O) groups is 1. The van der Waals surface area contributed by atoms with Crippen molar-refractivity contribution in [3.63, 3.8) is 0 Å². The van der Waals surface area contributed by atoms with E-state index in [0.29, 0.717) is 12.8 Å². The Hall–Kier alpha value is -4.07. The Morgan fingerprint density at radius 2 is 0.707 bits per heavy atom. The number of ether oxygens (including phenoxy) is 6. The van der Waals surface area contributed by atoms with Crippen molar-refractivity contribution < 1.29 is 89.4 Å². The van der Waals surface area contributed by atoms with Gasteiger partial charge < -0.3 is 89.9 Å². The standard InChI is InChI=1S/C80H133NO18/c1-3-5-7-9-11-13-15-17-19-21-22-23-24-25-26-27-28-29-30-31-32-33-34-35-36-37-38-39-40-42-44-46-48-50-52-54-56-58-68(86)81-63(64(85)57-55-53-51-49-47-45-43-41-20-18-16-14-12-10-8-6-4-2)62-94-78-74(92)71(89)76(66(60-83)96-78)99-80-75(93)72(90)77(67(61-84)97-80)98-79-73(91)70(88)69(87)65(59-82)95-79/h5,7,11,13,17,19,22-23,25-26,28-29,31-32,34-35,37-38,47,49,55,57,63-67,69-80,82-85,87-93H,3-4,6,8-10,12,14-16,18,20-21,24,27,30,33,36,39-46,48,50-54,56,58-62H2,1-2H3,(H,81,86)/b7-5-,13-11-,19-17-,23-22-,26-25-,29-28-,32-31-,35-34-,38-37-,49-47+,57-55+. The second kappa shape index (κ2) is 59.3. The normalized spacial score (nSPS) is 27.4. The van der Waals surface area contributed by atoms with Crippen molar-refractivity contribution >= 4 is 5.91 Å². The molecule has 0 radical (unpaired) electrons. The molecular weight excluding hydrogens is 1260 g/mol. The summed E-state index contributed by atoms with van der Waals surface area (Å²) in [7, 11) is 0. The molecule has 566 valence electrons. The molecule has 17 unspecified atom stereocenters. The third-order valence-electron chi connectivity index (χ3n) is 17.9. The first-order valence-corrected chi connectivity index (χ1v) is 37.9. The molecule has 19 nitrogen and oxygen atoms in total. The smallest absolute Gasteiger partial charge is 0.220 e. The van der Waals surface area contributed by atoms with E-state index in [1.165, 1.54) is 89.9 Å². The van der Waals surface area contributed by atoms with Gasteiger partial charge in [-0.15, -0.1) is 0 Å². The number of rotatable bonds is 57. The number of allylic oxidation sites excluding steroid dienone is 21. The lowest BCUT2D eigenvalue weighted by Crippen LogP contribution is -2.66. The first-order valence-electron chi connectivity index (χ1n) is 37.9. The number of hydrogen-bond acceptors (Lipinski definition) is 18. The number of hydrogen-bond donors (Lipinski definition) is 12. The molecule has 17 atom stereocenters. The number of aliphatic hydroxyl groups excluding tert-OH is 11. The van der Waals surface area contributed by atoms with Crippen LogP contribution in [0.3, 0.4) is 0 Å². The lowest BCUT2D eigenvalue weighted by atomic mass is 9.96. The van der Waals surface area contributed by atoms with E-state index in [9.17, 15) is 61.0 Å². The molecule has 3 saturated heterocycles. The zero-order valence-corrected chi connectivity index (χ0v) is 60.2. The second-order valence-electron chi connectivity index (χ2n) is 26.4. The summed E-state index contributed by atoms with van der Waals surface area (Å²) < 4.78 is 34.4. The van der Waals surface area contributed by atoms with Gasteiger partial charge in [-0.05, 0) is 103 Å². The minimum atomic E-state index is -1.99. The van der Waals surface area contributed by atoms with Crippen molar-refractivity contribution in [3.05, 3.63) is 134 Å². The lowest BCUT2D eigenvalue weighted by molar-refractivity contribution is -0.379. The van der Waals surface area contributed by atoms with E-state index < -0.39 is 124 Å². The fourth-order valence-corrected chi connectivity index (χ4v) is 11.8. The number of carbonyl (C=O) groups excluding carboxylic acids is 1. The van der Waals surface area contributed by atoms with Crippen LogP contribution in [0.5, 0.6) is 0 Å². The van der Waals surface area contributed by atoms with Gasteiger partial charge in [0.2, 0.25) is 5.91 Å². The van der Waals surface area contributed by atoms with Gasteiger partial charge in [-0.3, -0.25) is 4.79 Å². The van der Waals surface area contributed by atoms with E-state index in [1.54, 1.807) is 6.08 Å². The Morgan fingerprint density at radius 1 is 0.374 bits per heavy atom. The molecule has 1 amide bonds. The van der Waals surface area contributed by atoms with Crippen LogP contribution in [0.4, 0.5) is 0 Å². The third kappa shape index (κ3) is 40.0. The highest BCUT2D eigenvalue weighted by Gasteiger charge is 2.53. The predicted molar refractivity (Wildman–Crippen MR) is 392 cm³/mol. The van der Waals surface area contributed by atoms with Gasteiger partial charge in [0, 0.05) is 6.42 Å². The van der Waals surface area contributed by atoms with E-state index >= 15 is 0 Å². The third-order valence-corrected chi connectivity index (χ3v) is 17.9. The minimum absolute atomic E-state index is 0.220. The maximum Gasteiger partial charge on any atom is 0.220 e. The number of aliphatic hydroxyl groups is 11. The second-order valence-corrected chi connectivity index (χ2v) is 26.4. The fraction of sp³-hybridized carbons (Fsp3) is 0.713. The largest absolute Gasteiger partial charge is 0.394 e. The molecule has 3 fully saturated rings. The highest BCUT2D eigenvalue weighted by molar-refractivity contribution is 5.76. The zero-order valence-electron chi connectivity index (χ0n) is 60.2. The van der Waals surface area contributed by atoms with Gasteiger partial charge in [0.1, 0.15) is 73.2 Å². The molecule has 0 bridgehead atoms. The van der Waals surface area contributed by atoms with Crippen LogP contribution in [-0.4, -0.2) is 193 Å². The number of unbranched alkanes of at least 4 members (excludes halogenated alkanes) is 21. The van der Waals surface area contributed by atoms with Gasteiger partial charge in [-0.2, -0.15) is 0 Å². The van der Waals surface area contributed by atoms with Gasteiger partial charge in [-0.1, -0.05) is 257 Å². The monoisotopic (exact) mass is 1400 g/mol. The average Bonchev–Trinajstić information content (AvgIpc) is 0.786. The molecule has 0 aromatic carbocycles. The van der Waals surface area contributed by atoms with E-state index in [0.717, 1.165) is 109 Å². The van der Waals surface area contributed by atoms with Crippen molar-refractivity contribution in [3.8, 4) is 0 Å². The predicted octanol–water partition coefficient (Wildman–Crippen LogP) is 11.7. The number of amides is 1. The summed E-state index contributed by atoms with van der Waals surface area (Å²) in [5.41, 5.74) is 0. The van der Waals surface area contributed by atoms with Crippen molar-refractivity contribution in [2.75, 3.05) is 26.4 Å². The SMILES string of the molecule is CC/C=C\C/C=C\C/C=C\C/C=C\C/C=C\C/C=C\C/C=C\C/C=C\C/C=C\CCCCCCCCCCCC(=O)NC(COC1OC(CO)C(OC2OC(CO)C(OC3OC(CO)C(O)C(O)C3O)C(O)C2O)C(O)C1O)C(O)/C=C/CC/C=C/CCCCCCCCCCCCC. The van der Waals surface area contributed by atoms with Gasteiger partial charge in [0.15, 0.2) is 18.9 Å². The first kappa shape index (κ1) is 89.1. The summed E-state index contributed by atoms with van der Waals surface area (Å²) >= 11 is 0. The lowest BCUT2D eigenvalue weighted by Gasteiger charge is -2.48. The molecular formula is C80H133NO18. The molecule has 0 aromatic rings. The Kier molecular flexibility index (Phi) is 53.4. The molecule has 3 aliphatic heterocycles. The van der Waals surface area contributed by atoms with Crippen LogP contribution in [0, 0.1) is 0 Å². The van der Waals surface area contributed by atoms with Crippen LogP contribution in [0.2, 0.25) is 0 Å². The van der Waals surface area contributed by atoms with Gasteiger partial charge in [-0.25, -0.2) is 0 Å². The molecule has 3 heterocycles. The summed E-state index contributed by atoms with van der Waals surface area (Å²) in [6, 6.07) is -1.00. The van der Waals surface area contributed by atoms with Gasteiger partial charge >= 0.3 is 0 Å². The van der Waals surface area contributed by atoms with Crippen LogP contribution in [0.25, 0.3) is 0 Å². The Morgan fingerprint density at radius 3 is 1.13 bits per heavy atom. The van der Waals surface area contributed by atoms with Crippen molar-refractivity contribution in [1.29, 1.82) is 0 Å². The van der Waals surface area contributed by atoms with Gasteiger partial charge in [0.05, 0.1) is 38.6 Å².